The van der Waals surface area contributed by atoms with E-state index in [9.17, 15) is 4.79 Å². The Hall–Kier alpha value is -1.12. The fourth-order valence-electron chi connectivity index (χ4n) is 6.95. The van der Waals surface area contributed by atoms with Gasteiger partial charge < -0.3 is 19.1 Å². The van der Waals surface area contributed by atoms with E-state index in [0.717, 1.165) is 29.7 Å². The van der Waals surface area contributed by atoms with Crippen molar-refractivity contribution < 1.29 is 19.0 Å². The molecule has 0 aliphatic rings. The van der Waals surface area contributed by atoms with Crippen LogP contribution >= 0.6 is 22.6 Å². The first-order valence-corrected chi connectivity index (χ1v) is 24.1. The molecule has 0 bridgehead atoms. The lowest BCUT2D eigenvalue weighted by molar-refractivity contribution is -0.139. The summed E-state index contributed by atoms with van der Waals surface area (Å²) in [7, 11) is 0. The summed E-state index contributed by atoms with van der Waals surface area (Å²) in [5, 5.41) is 0. The van der Waals surface area contributed by atoms with Gasteiger partial charge in [0, 0.05) is 29.3 Å². The molecule has 1 aromatic rings. The van der Waals surface area contributed by atoms with E-state index in [1.807, 2.05) is 6.08 Å². The van der Waals surface area contributed by atoms with Gasteiger partial charge in [0.1, 0.15) is 6.61 Å². The molecular formula is C47H84INO4. The zero-order valence-electron chi connectivity index (χ0n) is 34.9. The van der Waals surface area contributed by atoms with Crippen LogP contribution in [0.15, 0.2) is 30.3 Å². The van der Waals surface area contributed by atoms with Crippen LogP contribution in [0.2, 0.25) is 0 Å². The van der Waals surface area contributed by atoms with Gasteiger partial charge in [0.05, 0.1) is 26.4 Å². The molecule has 308 valence electrons. The van der Waals surface area contributed by atoms with E-state index in [1.165, 1.54) is 192 Å². The first kappa shape index (κ1) is 49.9. The molecule has 6 heteroatoms. The Labute approximate surface area is 342 Å². The number of esters is 1. The van der Waals surface area contributed by atoms with Gasteiger partial charge in [-0.15, -0.1) is 0 Å². The zero-order chi connectivity index (χ0) is 38.1. The Balaban J connectivity index is 2.38. The van der Waals surface area contributed by atoms with Gasteiger partial charge in [-0.1, -0.05) is 216 Å². The number of hydrogen-bond acceptors (Lipinski definition) is 5. The minimum absolute atomic E-state index is 0.252. The van der Waals surface area contributed by atoms with Crippen LogP contribution in [-0.4, -0.2) is 56.5 Å². The van der Waals surface area contributed by atoms with E-state index in [2.05, 4.69) is 65.6 Å². The van der Waals surface area contributed by atoms with Crippen molar-refractivity contribution in [1.82, 2.24) is 0 Å². The lowest BCUT2D eigenvalue weighted by Gasteiger charge is -2.25. The summed E-state index contributed by atoms with van der Waals surface area (Å²) in [6, 6.07) is 8.71. The van der Waals surface area contributed by atoms with Crippen molar-refractivity contribution in [3.63, 3.8) is 0 Å². The van der Waals surface area contributed by atoms with Gasteiger partial charge in [0.2, 0.25) is 0 Å². The molecule has 0 radical (unpaired) electrons. The van der Waals surface area contributed by atoms with Gasteiger partial charge in [-0.2, -0.15) is 0 Å². The number of halogens is 1. The molecule has 1 aromatic carbocycles. The van der Waals surface area contributed by atoms with Crippen molar-refractivity contribution >= 4 is 40.3 Å². The molecule has 0 aromatic heterocycles. The molecule has 0 atom stereocenters. The van der Waals surface area contributed by atoms with Crippen LogP contribution in [0.25, 0.3) is 6.08 Å². The molecule has 0 fully saturated rings. The first-order valence-electron chi connectivity index (χ1n) is 22.6. The van der Waals surface area contributed by atoms with Crippen molar-refractivity contribution in [2.75, 3.05) is 55.5 Å². The molecular weight excluding hydrogens is 769 g/mol. The largest absolute Gasteiger partial charge is 0.460 e. The van der Waals surface area contributed by atoms with Crippen LogP contribution in [0.3, 0.4) is 0 Å². The molecule has 0 unspecified atom stereocenters. The molecule has 0 saturated heterocycles. The highest BCUT2D eigenvalue weighted by atomic mass is 127. The molecule has 0 saturated carbocycles. The van der Waals surface area contributed by atoms with Crippen LogP contribution in [0.5, 0.6) is 0 Å². The number of unbranched alkanes of at least 4 members (excludes halogenated alkanes) is 26. The average Bonchev–Trinajstić information content (AvgIpc) is 3.17. The van der Waals surface area contributed by atoms with Gasteiger partial charge in [-0.3, -0.25) is 0 Å². The van der Waals surface area contributed by atoms with Gasteiger partial charge in [0.15, 0.2) is 0 Å². The number of nitrogens with zero attached hydrogens (tertiary/aromatic N) is 1. The van der Waals surface area contributed by atoms with Crippen molar-refractivity contribution in [1.29, 1.82) is 0 Å². The predicted octanol–water partition coefficient (Wildman–Crippen LogP) is 14.5. The standard InChI is InChI=1S/C47H84INO4/c1-3-5-7-9-11-13-15-17-19-21-23-25-27-29-38-49(39-30-28-26-24-22-20-18-16-14-12-10-8-6-4-2)46-34-31-45(32-35-46)33-36-47(50)53-44-43-52-42-41-51-40-37-48/h31-36H,3-30,37-44H2,1-2H3/b36-33+. The van der Waals surface area contributed by atoms with Crippen molar-refractivity contribution in [3.05, 3.63) is 35.9 Å². The number of rotatable bonds is 41. The van der Waals surface area contributed by atoms with Crippen LogP contribution < -0.4 is 4.90 Å². The van der Waals surface area contributed by atoms with E-state index in [1.54, 1.807) is 0 Å². The van der Waals surface area contributed by atoms with Gasteiger partial charge in [-0.05, 0) is 36.6 Å². The molecule has 0 heterocycles. The highest BCUT2D eigenvalue weighted by Crippen LogP contribution is 2.20. The number of anilines is 1. The van der Waals surface area contributed by atoms with Gasteiger partial charge in [0.25, 0.3) is 0 Å². The second-order valence-electron chi connectivity index (χ2n) is 15.2. The minimum atomic E-state index is -0.337. The van der Waals surface area contributed by atoms with E-state index < -0.39 is 0 Å². The second kappa shape index (κ2) is 40.5. The summed E-state index contributed by atoms with van der Waals surface area (Å²) in [5.41, 5.74) is 2.32. The molecule has 0 amide bonds. The second-order valence-corrected chi connectivity index (χ2v) is 16.3. The third kappa shape index (κ3) is 33.9. The molecule has 0 aliphatic carbocycles. The Morgan fingerprint density at radius 1 is 0.509 bits per heavy atom. The number of benzene rings is 1. The van der Waals surface area contributed by atoms with Crippen LogP contribution in [-0.2, 0) is 19.0 Å². The van der Waals surface area contributed by atoms with Crippen molar-refractivity contribution in [2.24, 2.45) is 0 Å². The lowest BCUT2D eigenvalue weighted by atomic mass is 10.0. The molecule has 0 N–H and O–H groups in total. The van der Waals surface area contributed by atoms with Gasteiger partial charge in [-0.25, -0.2) is 4.79 Å². The summed E-state index contributed by atoms with van der Waals surface area (Å²) >= 11 is 2.28. The van der Waals surface area contributed by atoms with E-state index in [0.29, 0.717) is 19.8 Å². The molecule has 53 heavy (non-hydrogen) atoms. The zero-order valence-corrected chi connectivity index (χ0v) is 37.0. The maximum Gasteiger partial charge on any atom is 0.330 e. The van der Waals surface area contributed by atoms with Crippen molar-refractivity contribution in [3.8, 4) is 0 Å². The highest BCUT2D eigenvalue weighted by Gasteiger charge is 2.07. The number of hydrogen-bond donors (Lipinski definition) is 0. The quantitative estimate of drug-likeness (QED) is 0.0216. The minimum Gasteiger partial charge on any atom is -0.460 e. The predicted molar refractivity (Wildman–Crippen MR) is 240 cm³/mol. The summed E-state index contributed by atoms with van der Waals surface area (Å²) in [4.78, 5) is 14.8. The Morgan fingerprint density at radius 3 is 1.26 bits per heavy atom. The molecule has 0 spiro atoms. The number of alkyl halides is 1. The Bertz CT molecular complexity index is 892. The highest BCUT2D eigenvalue weighted by molar-refractivity contribution is 14.1. The SMILES string of the molecule is CCCCCCCCCCCCCCCCN(CCCCCCCCCCCCCCCC)c1ccc(/C=C/C(=O)OCCOCCOCCI)cc1. The summed E-state index contributed by atoms with van der Waals surface area (Å²) < 4.78 is 17.1. The molecule has 1 rings (SSSR count). The average molecular weight is 854 g/mol. The Kier molecular flexibility index (Phi) is 38.2. The monoisotopic (exact) mass is 854 g/mol. The van der Waals surface area contributed by atoms with Crippen molar-refractivity contribution in [2.45, 2.75) is 194 Å². The molecule has 0 aliphatic heterocycles. The van der Waals surface area contributed by atoms with Crippen LogP contribution in [0, 0.1) is 0 Å². The summed E-state index contributed by atoms with van der Waals surface area (Å²) in [5.74, 6) is -0.337. The summed E-state index contributed by atoms with van der Waals surface area (Å²) in [6.07, 6.45) is 42.4. The smallest absolute Gasteiger partial charge is 0.330 e. The maximum atomic E-state index is 12.2. The van der Waals surface area contributed by atoms with Gasteiger partial charge >= 0.3 is 5.97 Å². The number of carbonyl (C=O) groups excluding carboxylic acids is 1. The lowest BCUT2D eigenvalue weighted by Crippen LogP contribution is -2.25. The van der Waals surface area contributed by atoms with Crippen LogP contribution in [0.4, 0.5) is 5.69 Å². The third-order valence-electron chi connectivity index (χ3n) is 10.3. The summed E-state index contributed by atoms with van der Waals surface area (Å²) in [6.45, 7) is 9.32. The van der Waals surface area contributed by atoms with E-state index >= 15 is 0 Å². The number of carbonyl (C=O) groups is 1. The fourth-order valence-corrected chi connectivity index (χ4v) is 7.26. The number of ether oxygens (including phenoxy) is 3. The topological polar surface area (TPSA) is 48.0 Å². The van der Waals surface area contributed by atoms with E-state index in [4.69, 9.17) is 14.2 Å². The first-order chi connectivity index (χ1) is 26.2. The molecule has 5 nitrogen and oxygen atoms in total. The van der Waals surface area contributed by atoms with E-state index in [-0.39, 0.29) is 12.6 Å². The maximum absolute atomic E-state index is 12.2. The fraction of sp³-hybridized carbons (Fsp3) is 0.809. The third-order valence-corrected chi connectivity index (χ3v) is 10.7. The van der Waals surface area contributed by atoms with Crippen LogP contribution in [0.1, 0.15) is 199 Å². The Morgan fingerprint density at radius 2 is 0.868 bits per heavy atom. The normalized spacial score (nSPS) is 11.5.